The van der Waals surface area contributed by atoms with Gasteiger partial charge < -0.3 is 20.1 Å². The van der Waals surface area contributed by atoms with Crippen LogP contribution < -0.4 is 5.73 Å². The Morgan fingerprint density at radius 1 is 1.53 bits per heavy atom. The van der Waals surface area contributed by atoms with Gasteiger partial charge in [0.1, 0.15) is 18.7 Å². The number of aliphatic hydroxyl groups is 1. The highest BCUT2D eigenvalue weighted by molar-refractivity contribution is 6.76. The number of aliphatic hydroxyl groups excluding tert-OH is 1. The maximum Gasteiger partial charge on any atom is 0.140 e. The normalized spacial score (nSPS) is 13.9. The molecule has 0 bridgehead atoms. The van der Waals surface area contributed by atoms with Gasteiger partial charge in [-0.25, -0.2) is 4.98 Å². The summed E-state index contributed by atoms with van der Waals surface area (Å²) in [6, 6.07) is 1.14. The molecule has 1 unspecified atom stereocenters. The molecule has 1 rings (SSSR count). The zero-order valence-corrected chi connectivity index (χ0v) is 11.9. The third kappa shape index (κ3) is 4.99. The van der Waals surface area contributed by atoms with Crippen LogP contribution in [0.2, 0.25) is 25.7 Å². The fourth-order valence-electron chi connectivity index (χ4n) is 1.37. The van der Waals surface area contributed by atoms with Crippen LogP contribution in [0.5, 0.6) is 0 Å². The van der Waals surface area contributed by atoms with Crippen LogP contribution in [0.3, 0.4) is 0 Å². The number of hydrogen-bond acceptors (Lipinski definition) is 4. The first kappa shape index (κ1) is 14.4. The predicted octanol–water partition coefficient (Wildman–Crippen LogP) is 1.19. The van der Waals surface area contributed by atoms with Crippen molar-refractivity contribution in [2.24, 2.45) is 5.73 Å². The van der Waals surface area contributed by atoms with Crippen molar-refractivity contribution < 1.29 is 9.84 Å². The highest BCUT2D eigenvalue weighted by Crippen LogP contribution is 2.11. The average molecular weight is 257 g/mol. The lowest BCUT2D eigenvalue weighted by atomic mass is 10.3. The molecular weight excluding hydrogens is 234 g/mol. The first-order chi connectivity index (χ1) is 7.94. The van der Waals surface area contributed by atoms with Crippen molar-refractivity contribution in [1.29, 1.82) is 0 Å². The quantitative estimate of drug-likeness (QED) is 0.568. The van der Waals surface area contributed by atoms with E-state index in [9.17, 15) is 5.11 Å². The zero-order valence-electron chi connectivity index (χ0n) is 10.9. The Bertz CT molecular complexity index is 336. The molecule has 3 N–H and O–H groups in total. The number of ether oxygens (including phenoxy) is 1. The van der Waals surface area contributed by atoms with E-state index in [-0.39, 0.29) is 6.54 Å². The second-order valence-electron chi connectivity index (χ2n) is 5.35. The molecule has 0 aliphatic carbocycles. The Labute approximate surface area is 104 Å². The predicted molar refractivity (Wildman–Crippen MR) is 70.3 cm³/mol. The summed E-state index contributed by atoms with van der Waals surface area (Å²) >= 11 is 0. The van der Waals surface area contributed by atoms with Gasteiger partial charge in [0.2, 0.25) is 0 Å². The van der Waals surface area contributed by atoms with Crippen LogP contribution >= 0.6 is 0 Å². The lowest BCUT2D eigenvalue weighted by Crippen LogP contribution is -2.22. The van der Waals surface area contributed by atoms with Gasteiger partial charge in [0.05, 0.1) is 0 Å². The van der Waals surface area contributed by atoms with Gasteiger partial charge in [0.15, 0.2) is 0 Å². The van der Waals surface area contributed by atoms with Crippen LogP contribution in [0, 0.1) is 0 Å². The maximum atomic E-state index is 9.63. The highest BCUT2D eigenvalue weighted by Gasteiger charge is 2.14. The fourth-order valence-corrected chi connectivity index (χ4v) is 2.13. The standard InChI is InChI=1S/C11H23N3O2Si/c1-17(2,3)7-6-16-9-14-5-4-13-11(14)10(15)8-12/h4-5,10,15H,6-9,12H2,1-3H3. The molecule has 0 amide bonds. The number of hydrogen-bond donors (Lipinski definition) is 2. The molecule has 17 heavy (non-hydrogen) atoms. The molecule has 0 aliphatic heterocycles. The van der Waals surface area contributed by atoms with Crippen molar-refractivity contribution in [3.63, 3.8) is 0 Å². The van der Waals surface area contributed by atoms with Gasteiger partial charge in [0.25, 0.3) is 0 Å². The van der Waals surface area contributed by atoms with Gasteiger partial charge in [-0.15, -0.1) is 0 Å². The van der Waals surface area contributed by atoms with Gasteiger partial charge in [0, 0.05) is 33.6 Å². The van der Waals surface area contributed by atoms with E-state index in [0.717, 1.165) is 12.7 Å². The minimum atomic E-state index is -1.04. The minimum Gasteiger partial charge on any atom is -0.384 e. The van der Waals surface area contributed by atoms with Gasteiger partial charge in [-0.3, -0.25) is 0 Å². The second-order valence-corrected chi connectivity index (χ2v) is 11.0. The van der Waals surface area contributed by atoms with Crippen molar-refractivity contribution in [3.05, 3.63) is 18.2 Å². The highest BCUT2D eigenvalue weighted by atomic mass is 28.3. The third-order valence-corrected chi connectivity index (χ3v) is 4.20. The number of nitrogens with zero attached hydrogens (tertiary/aromatic N) is 2. The van der Waals surface area contributed by atoms with Crippen LogP contribution in [-0.4, -0.2) is 35.9 Å². The molecule has 0 spiro atoms. The largest absolute Gasteiger partial charge is 0.384 e. The Morgan fingerprint density at radius 2 is 2.24 bits per heavy atom. The van der Waals surface area contributed by atoms with Crippen molar-refractivity contribution in [2.75, 3.05) is 13.2 Å². The average Bonchev–Trinajstić information content (AvgIpc) is 2.70. The van der Waals surface area contributed by atoms with E-state index in [1.165, 1.54) is 0 Å². The van der Waals surface area contributed by atoms with Crippen LogP contribution in [0.15, 0.2) is 12.4 Å². The van der Waals surface area contributed by atoms with Crippen molar-refractivity contribution >= 4 is 8.07 Å². The Kier molecular flexibility index (Phi) is 5.32. The monoisotopic (exact) mass is 257 g/mol. The molecule has 1 atom stereocenters. The molecule has 0 fully saturated rings. The second kappa shape index (κ2) is 6.30. The van der Waals surface area contributed by atoms with Crippen LogP contribution in [0.1, 0.15) is 11.9 Å². The van der Waals surface area contributed by atoms with Gasteiger partial charge in [-0.2, -0.15) is 0 Å². The molecule has 1 heterocycles. The SMILES string of the molecule is C[Si](C)(C)CCOCn1ccnc1C(O)CN. The summed E-state index contributed by atoms with van der Waals surface area (Å²) in [5.74, 6) is 0.570. The molecule has 98 valence electrons. The van der Waals surface area contributed by atoms with Crippen LogP contribution in [-0.2, 0) is 11.5 Å². The van der Waals surface area contributed by atoms with E-state index in [1.807, 2.05) is 0 Å². The summed E-state index contributed by atoms with van der Waals surface area (Å²) < 4.78 is 7.39. The molecule has 1 aromatic rings. The van der Waals surface area contributed by atoms with Crippen LogP contribution in [0.4, 0.5) is 0 Å². The Morgan fingerprint density at radius 3 is 2.82 bits per heavy atom. The van der Waals surface area contributed by atoms with Crippen molar-refractivity contribution in [3.8, 4) is 0 Å². The Hall–Kier alpha value is -0.693. The molecule has 0 saturated heterocycles. The smallest absolute Gasteiger partial charge is 0.140 e. The first-order valence-corrected chi connectivity index (χ1v) is 9.61. The molecule has 0 radical (unpaired) electrons. The summed E-state index contributed by atoms with van der Waals surface area (Å²) in [7, 11) is -1.04. The molecule has 0 aromatic carbocycles. The summed E-state index contributed by atoms with van der Waals surface area (Å²) in [5, 5.41) is 9.63. The van der Waals surface area contributed by atoms with Crippen molar-refractivity contribution in [2.45, 2.75) is 38.5 Å². The van der Waals surface area contributed by atoms with E-state index < -0.39 is 14.2 Å². The van der Waals surface area contributed by atoms with Gasteiger partial charge >= 0.3 is 0 Å². The summed E-state index contributed by atoms with van der Waals surface area (Å²) in [4.78, 5) is 4.08. The van der Waals surface area contributed by atoms with E-state index in [1.54, 1.807) is 17.0 Å². The Balaban J connectivity index is 2.39. The zero-order chi connectivity index (χ0) is 12.9. The minimum absolute atomic E-state index is 0.173. The lowest BCUT2D eigenvalue weighted by molar-refractivity contribution is 0.0759. The van der Waals surface area contributed by atoms with Crippen LogP contribution in [0.25, 0.3) is 0 Å². The number of imidazole rings is 1. The van der Waals surface area contributed by atoms with E-state index in [0.29, 0.717) is 12.6 Å². The fraction of sp³-hybridized carbons (Fsp3) is 0.727. The van der Waals surface area contributed by atoms with Gasteiger partial charge in [-0.05, 0) is 6.04 Å². The lowest BCUT2D eigenvalue weighted by Gasteiger charge is -2.16. The summed E-state index contributed by atoms with van der Waals surface area (Å²) in [6.07, 6.45) is 2.73. The molecule has 0 aliphatic rings. The molecule has 0 saturated carbocycles. The van der Waals surface area contributed by atoms with E-state index >= 15 is 0 Å². The third-order valence-electron chi connectivity index (χ3n) is 2.50. The van der Waals surface area contributed by atoms with Crippen molar-refractivity contribution in [1.82, 2.24) is 9.55 Å². The molecule has 5 nitrogen and oxygen atoms in total. The molecule has 6 heteroatoms. The van der Waals surface area contributed by atoms with E-state index in [4.69, 9.17) is 10.5 Å². The first-order valence-electron chi connectivity index (χ1n) is 5.91. The summed E-state index contributed by atoms with van der Waals surface area (Å²) in [6.45, 7) is 8.31. The topological polar surface area (TPSA) is 73.3 Å². The van der Waals surface area contributed by atoms with Gasteiger partial charge in [-0.1, -0.05) is 19.6 Å². The maximum absolute atomic E-state index is 9.63. The number of rotatable bonds is 7. The number of aromatic nitrogens is 2. The number of nitrogens with two attached hydrogens (primary N) is 1. The molecule has 1 aromatic heterocycles. The molecular formula is C11H23N3O2Si. The van der Waals surface area contributed by atoms with E-state index in [2.05, 4.69) is 24.6 Å². The summed E-state index contributed by atoms with van der Waals surface area (Å²) in [5.41, 5.74) is 5.41.